The van der Waals surface area contributed by atoms with Gasteiger partial charge in [-0.15, -0.1) is 6.58 Å². The zero-order valence-corrected chi connectivity index (χ0v) is 17.4. The van der Waals surface area contributed by atoms with E-state index in [0.29, 0.717) is 22.2 Å². The highest BCUT2D eigenvalue weighted by Gasteiger charge is 2.42. The molecule has 0 aliphatic carbocycles. The summed E-state index contributed by atoms with van der Waals surface area (Å²) < 4.78 is 0. The Morgan fingerprint density at radius 2 is 1.94 bits per heavy atom. The summed E-state index contributed by atoms with van der Waals surface area (Å²) in [6, 6.07) is 12.2. The third-order valence-corrected chi connectivity index (χ3v) is 5.78. The molecule has 0 radical (unpaired) electrons. The molecule has 0 bridgehead atoms. The van der Waals surface area contributed by atoms with Gasteiger partial charge in [0.05, 0.1) is 16.2 Å². The first-order valence-corrected chi connectivity index (χ1v) is 10.2. The number of carbonyl (C=O) groups excluding carboxylic acids is 2. The lowest BCUT2D eigenvalue weighted by Gasteiger charge is -2.13. The monoisotopic (exact) mass is 434 g/mol. The second kappa shape index (κ2) is 8.19. The van der Waals surface area contributed by atoms with Gasteiger partial charge >= 0.3 is 5.97 Å². The number of rotatable bonds is 5. The second-order valence-corrected chi connectivity index (χ2v) is 7.82. The summed E-state index contributed by atoms with van der Waals surface area (Å²) in [5.74, 6) is -1.60. The van der Waals surface area contributed by atoms with Gasteiger partial charge in [-0.25, -0.2) is 9.98 Å². The predicted molar refractivity (Wildman–Crippen MR) is 119 cm³/mol. The number of amides is 2. The Hall–Kier alpha value is -3.72. The Morgan fingerprint density at radius 1 is 1.16 bits per heavy atom. The summed E-state index contributed by atoms with van der Waals surface area (Å²) in [4.78, 5) is 49.4. The number of hydrogen-bond acceptors (Lipinski definition) is 6. The van der Waals surface area contributed by atoms with Crippen LogP contribution in [0, 0.1) is 6.92 Å². The van der Waals surface area contributed by atoms with E-state index < -0.39 is 18.4 Å². The topological polar surface area (TPSA) is 103 Å². The first-order valence-electron chi connectivity index (χ1n) is 9.41. The van der Waals surface area contributed by atoms with E-state index >= 15 is 0 Å². The van der Waals surface area contributed by atoms with E-state index in [-0.39, 0.29) is 22.9 Å². The van der Waals surface area contributed by atoms with Crippen molar-refractivity contribution in [2.75, 3.05) is 18.0 Å². The number of benzene rings is 1. The number of aromatic nitrogens is 1. The van der Waals surface area contributed by atoms with E-state index in [0.717, 1.165) is 17.5 Å². The van der Waals surface area contributed by atoms with E-state index in [1.807, 2.05) is 19.1 Å². The second-order valence-electron chi connectivity index (χ2n) is 6.84. The van der Waals surface area contributed by atoms with Crippen LogP contribution >= 0.6 is 11.8 Å². The summed E-state index contributed by atoms with van der Waals surface area (Å²) in [6.07, 6.45) is 1.58. The molecule has 0 unspecified atom stereocenters. The van der Waals surface area contributed by atoms with Gasteiger partial charge in [0, 0.05) is 17.8 Å². The molecule has 2 aliphatic heterocycles. The number of anilines is 1. The van der Waals surface area contributed by atoms with Gasteiger partial charge < -0.3 is 5.11 Å². The van der Waals surface area contributed by atoms with Crippen LogP contribution in [0.2, 0.25) is 0 Å². The van der Waals surface area contributed by atoms with Gasteiger partial charge in [0.25, 0.3) is 11.8 Å². The van der Waals surface area contributed by atoms with Crippen molar-refractivity contribution in [2.24, 2.45) is 4.99 Å². The molecule has 1 aromatic carbocycles. The van der Waals surface area contributed by atoms with Gasteiger partial charge in [0.2, 0.25) is 0 Å². The summed E-state index contributed by atoms with van der Waals surface area (Å²) in [5, 5.41) is 9.62. The van der Waals surface area contributed by atoms with Gasteiger partial charge in [-0.1, -0.05) is 30.3 Å². The molecule has 1 saturated heterocycles. The van der Waals surface area contributed by atoms with Crippen molar-refractivity contribution in [3.8, 4) is 0 Å². The maximum atomic E-state index is 13.2. The number of carbonyl (C=O) groups is 3. The van der Waals surface area contributed by atoms with Crippen molar-refractivity contribution >= 4 is 51.8 Å². The van der Waals surface area contributed by atoms with Crippen LogP contribution in [0.1, 0.15) is 11.3 Å². The van der Waals surface area contributed by atoms with Crippen LogP contribution in [-0.2, 0) is 14.4 Å². The normalized spacial score (nSPS) is 19.3. The molecular formula is C22H18N4O4S. The summed E-state index contributed by atoms with van der Waals surface area (Å²) >= 11 is 1.08. The minimum absolute atomic E-state index is 0.184. The maximum absolute atomic E-state index is 13.2. The quantitative estimate of drug-likeness (QED) is 0.573. The molecule has 9 heteroatoms. The van der Waals surface area contributed by atoms with Crippen molar-refractivity contribution in [1.82, 2.24) is 9.88 Å². The van der Waals surface area contributed by atoms with Gasteiger partial charge in [0.15, 0.2) is 11.0 Å². The summed E-state index contributed by atoms with van der Waals surface area (Å²) in [6.45, 7) is 5.27. The average molecular weight is 434 g/mol. The predicted octanol–water partition coefficient (Wildman–Crippen LogP) is 2.98. The number of pyridine rings is 1. The fourth-order valence-electron chi connectivity index (χ4n) is 3.41. The average Bonchev–Trinajstić information content (AvgIpc) is 3.17. The van der Waals surface area contributed by atoms with Crippen molar-refractivity contribution < 1.29 is 19.5 Å². The molecule has 2 aliphatic rings. The Labute approximate surface area is 182 Å². The molecule has 2 amide bonds. The van der Waals surface area contributed by atoms with E-state index in [2.05, 4.69) is 16.6 Å². The third kappa shape index (κ3) is 3.75. The lowest BCUT2D eigenvalue weighted by molar-refractivity contribution is -0.136. The number of aliphatic carboxylic acids is 1. The molecule has 1 fully saturated rings. The van der Waals surface area contributed by atoms with Gasteiger partial charge in [-0.2, -0.15) is 0 Å². The molecule has 0 saturated carbocycles. The van der Waals surface area contributed by atoms with E-state index in [4.69, 9.17) is 0 Å². The van der Waals surface area contributed by atoms with Crippen molar-refractivity contribution in [1.29, 1.82) is 0 Å². The zero-order chi connectivity index (χ0) is 22.1. The van der Waals surface area contributed by atoms with Crippen LogP contribution in [-0.4, -0.2) is 51.0 Å². The third-order valence-electron chi connectivity index (χ3n) is 4.70. The number of hydrogen-bond donors (Lipinski definition) is 1. The number of thioether (sulfide) groups is 1. The molecule has 3 heterocycles. The number of aliphatic imine (C=N–C) groups is 1. The minimum Gasteiger partial charge on any atom is -0.480 e. The van der Waals surface area contributed by atoms with Crippen LogP contribution in [0.25, 0.3) is 5.57 Å². The standard InChI is InChI=1S/C22H18N4O4S/c1-3-11-25-21(30)19(31-22(25)24-16-10-6-7-13(2)23-16)18-14-8-4-5-9-15(14)26(20(18)29)12-17(27)28/h3-10H,1,11-12H2,2H3,(H,27,28)/b19-18-,24-22+. The largest absolute Gasteiger partial charge is 0.480 e. The van der Waals surface area contributed by atoms with Crippen molar-refractivity contribution in [2.45, 2.75) is 6.92 Å². The molecule has 1 N–H and O–H groups in total. The summed E-state index contributed by atoms with van der Waals surface area (Å²) in [7, 11) is 0. The number of amidine groups is 1. The number of para-hydroxylation sites is 1. The Morgan fingerprint density at radius 3 is 2.65 bits per heavy atom. The number of nitrogens with zero attached hydrogens (tertiary/aromatic N) is 4. The Kier molecular flexibility index (Phi) is 5.43. The molecular weight excluding hydrogens is 416 g/mol. The first kappa shape index (κ1) is 20.5. The minimum atomic E-state index is -1.14. The number of fused-ring (bicyclic) bond motifs is 1. The zero-order valence-electron chi connectivity index (χ0n) is 16.6. The Bertz CT molecular complexity index is 1190. The molecule has 2 aromatic rings. The maximum Gasteiger partial charge on any atom is 0.323 e. The molecule has 156 valence electrons. The van der Waals surface area contributed by atoms with Crippen LogP contribution in [0.3, 0.4) is 0 Å². The molecule has 1 aromatic heterocycles. The van der Waals surface area contributed by atoms with Gasteiger partial charge in [-0.3, -0.25) is 24.2 Å². The highest BCUT2D eigenvalue weighted by Crippen LogP contribution is 2.44. The van der Waals surface area contributed by atoms with Gasteiger partial charge in [-0.05, 0) is 36.9 Å². The van der Waals surface area contributed by atoms with Crippen LogP contribution in [0.15, 0.2) is 65.0 Å². The molecule has 31 heavy (non-hydrogen) atoms. The van der Waals surface area contributed by atoms with Crippen molar-refractivity contribution in [3.63, 3.8) is 0 Å². The Balaban J connectivity index is 1.83. The number of aryl methyl sites for hydroxylation is 1. The highest BCUT2D eigenvalue weighted by molar-refractivity contribution is 8.18. The first-order chi connectivity index (χ1) is 14.9. The highest BCUT2D eigenvalue weighted by atomic mass is 32.2. The molecule has 8 nitrogen and oxygen atoms in total. The SMILES string of the molecule is C=CCN1C(=O)/C(=C2/C(=O)N(CC(=O)O)c3ccccc32)S/C1=N/c1cccc(C)n1. The smallest absolute Gasteiger partial charge is 0.323 e. The molecule has 4 rings (SSSR count). The van der Waals surface area contributed by atoms with E-state index in [1.54, 1.807) is 36.4 Å². The lowest BCUT2D eigenvalue weighted by atomic mass is 10.1. The number of carboxylic acid groups (broad SMARTS) is 1. The summed E-state index contributed by atoms with van der Waals surface area (Å²) in [5.41, 5.74) is 1.96. The fraction of sp³-hybridized carbons (Fsp3) is 0.136. The molecule has 0 spiro atoms. The lowest BCUT2D eigenvalue weighted by Crippen LogP contribution is -2.33. The van der Waals surface area contributed by atoms with Gasteiger partial charge in [0.1, 0.15) is 6.54 Å². The van der Waals surface area contributed by atoms with Crippen molar-refractivity contribution in [3.05, 3.63) is 71.3 Å². The van der Waals surface area contributed by atoms with Crippen LogP contribution < -0.4 is 4.90 Å². The van der Waals surface area contributed by atoms with Crippen LogP contribution in [0.4, 0.5) is 11.5 Å². The van der Waals surface area contributed by atoms with Crippen LogP contribution in [0.5, 0.6) is 0 Å². The van der Waals surface area contributed by atoms with E-state index in [9.17, 15) is 19.5 Å². The molecule has 0 atom stereocenters. The fourth-order valence-corrected chi connectivity index (χ4v) is 4.50. The number of carboxylic acids is 1. The van der Waals surface area contributed by atoms with E-state index in [1.165, 1.54) is 9.80 Å².